The Morgan fingerprint density at radius 2 is 1.29 bits per heavy atom. The van der Waals surface area contributed by atoms with E-state index in [1.807, 2.05) is 42.5 Å². The molecule has 0 N–H and O–H groups in total. The molecule has 0 aliphatic carbocycles. The first-order valence-corrected chi connectivity index (χ1v) is 17.8. The Morgan fingerprint density at radius 3 is 1.98 bits per heavy atom. The summed E-state index contributed by atoms with van der Waals surface area (Å²) >= 11 is 0. The largest absolute Gasteiger partial charge is 0.375 e. The predicted molar refractivity (Wildman–Crippen MR) is 183 cm³/mol. The fraction of sp³-hybridized carbons (Fsp3) is 0.512. The van der Waals surface area contributed by atoms with E-state index in [1.54, 1.807) is 0 Å². The summed E-state index contributed by atoms with van der Waals surface area (Å²) < 4.78 is 47.4. The highest BCUT2D eigenvalue weighted by molar-refractivity contribution is 5.16. The molecule has 256 valence electrons. The third-order valence-corrected chi connectivity index (χ3v) is 10.4. The normalized spacial score (nSPS) is 34.3. The number of ether oxygens (including phenoxy) is 7. The molecule has 3 aromatic rings. The molecule has 0 spiro atoms. The van der Waals surface area contributed by atoms with E-state index >= 15 is 0 Å². The lowest BCUT2D eigenvalue weighted by molar-refractivity contribution is -0.284. The second kappa shape index (κ2) is 16.2. The Hall–Kier alpha value is -2.88. The van der Waals surface area contributed by atoms with E-state index in [-0.39, 0.29) is 48.8 Å². The molecule has 0 unspecified atom stereocenters. The van der Waals surface area contributed by atoms with Gasteiger partial charge in [-0.25, -0.2) is 0 Å². The summed E-state index contributed by atoms with van der Waals surface area (Å²) in [5, 5.41) is 0. The van der Waals surface area contributed by atoms with Gasteiger partial charge >= 0.3 is 0 Å². The molecule has 9 atom stereocenters. The Bertz CT molecular complexity index is 1420. The summed E-state index contributed by atoms with van der Waals surface area (Å²) in [5.74, 6) is 0. The number of benzene rings is 3. The van der Waals surface area contributed by atoms with Crippen molar-refractivity contribution in [3.05, 3.63) is 120 Å². The molecule has 3 fully saturated rings. The van der Waals surface area contributed by atoms with Gasteiger partial charge in [0.05, 0.1) is 69.2 Å². The fourth-order valence-corrected chi connectivity index (χ4v) is 7.63. The van der Waals surface area contributed by atoms with E-state index in [0.29, 0.717) is 39.3 Å². The van der Waals surface area contributed by atoms with Gasteiger partial charge in [0.25, 0.3) is 0 Å². The molecule has 4 heterocycles. The van der Waals surface area contributed by atoms with Crippen molar-refractivity contribution in [3.8, 4) is 0 Å². The topological polar surface area (TPSA) is 64.6 Å². The molecule has 48 heavy (non-hydrogen) atoms. The van der Waals surface area contributed by atoms with Gasteiger partial charge in [-0.05, 0) is 49.3 Å². The van der Waals surface area contributed by atoms with Crippen molar-refractivity contribution >= 4 is 0 Å². The van der Waals surface area contributed by atoms with E-state index in [4.69, 9.17) is 33.2 Å². The molecule has 7 heteroatoms. The summed E-state index contributed by atoms with van der Waals surface area (Å²) in [5.41, 5.74) is 2.62. The van der Waals surface area contributed by atoms with E-state index in [1.165, 1.54) is 0 Å². The number of rotatable bonds is 10. The third-order valence-electron chi connectivity index (χ3n) is 10.4. The summed E-state index contributed by atoms with van der Waals surface area (Å²) in [6.45, 7) is 4.83. The standard InChI is InChI=1S/C41H50O7/c1-41-39(45-28-32-18-9-4-10-19-32)25-37-35(21-12-11-20-33-34(46-37)22-13-23-43-33)47-40(41)24-36(44-27-31-16-7-3-8-17-31)38(48-41)29-42-26-30-14-5-2-6-15-30/h2-12,14-19,33-40H,13,20-29H2,1H3/b12-11-/t33-,34+,35+,36+,37-,38-,39-,40-,41+/m1/s1. The van der Waals surface area contributed by atoms with E-state index in [2.05, 4.69) is 67.6 Å². The van der Waals surface area contributed by atoms with Gasteiger partial charge in [-0.3, -0.25) is 0 Å². The van der Waals surface area contributed by atoms with Crippen LogP contribution in [0.15, 0.2) is 103 Å². The average Bonchev–Trinajstić information content (AvgIpc) is 3.17. The van der Waals surface area contributed by atoms with Crippen molar-refractivity contribution in [2.75, 3.05) is 13.2 Å². The quantitative estimate of drug-likeness (QED) is 0.212. The van der Waals surface area contributed by atoms with Crippen LogP contribution < -0.4 is 0 Å². The Morgan fingerprint density at radius 1 is 0.667 bits per heavy atom. The molecule has 0 amide bonds. The lowest BCUT2D eigenvalue weighted by Gasteiger charge is -2.50. The Labute approximate surface area is 285 Å². The predicted octanol–water partition coefficient (Wildman–Crippen LogP) is 7.36. The van der Waals surface area contributed by atoms with Crippen molar-refractivity contribution in [1.29, 1.82) is 0 Å². The van der Waals surface area contributed by atoms with Gasteiger partial charge in [-0.15, -0.1) is 0 Å². The van der Waals surface area contributed by atoms with Gasteiger partial charge in [-0.2, -0.15) is 0 Å². The maximum Gasteiger partial charge on any atom is 0.118 e. The van der Waals surface area contributed by atoms with Crippen LogP contribution in [0.5, 0.6) is 0 Å². The van der Waals surface area contributed by atoms with E-state index < -0.39 is 5.60 Å². The second-order valence-corrected chi connectivity index (χ2v) is 13.8. The first-order valence-electron chi connectivity index (χ1n) is 17.8. The highest BCUT2D eigenvalue weighted by Gasteiger charge is 2.56. The minimum Gasteiger partial charge on any atom is -0.375 e. The molecule has 0 radical (unpaired) electrons. The van der Waals surface area contributed by atoms with Crippen LogP contribution in [-0.4, -0.2) is 67.6 Å². The van der Waals surface area contributed by atoms with Crippen molar-refractivity contribution < 1.29 is 33.2 Å². The molecule has 3 aromatic carbocycles. The molecule has 0 saturated carbocycles. The van der Waals surface area contributed by atoms with Gasteiger partial charge in [0, 0.05) is 19.4 Å². The van der Waals surface area contributed by atoms with Crippen molar-refractivity contribution in [1.82, 2.24) is 0 Å². The number of hydrogen-bond acceptors (Lipinski definition) is 7. The van der Waals surface area contributed by atoms with Crippen LogP contribution in [-0.2, 0) is 53.0 Å². The van der Waals surface area contributed by atoms with E-state index in [9.17, 15) is 0 Å². The zero-order valence-corrected chi connectivity index (χ0v) is 28.1. The van der Waals surface area contributed by atoms with Gasteiger partial charge in [0.1, 0.15) is 11.7 Å². The maximum absolute atomic E-state index is 7.20. The highest BCUT2D eigenvalue weighted by Crippen LogP contribution is 2.44. The van der Waals surface area contributed by atoms with Crippen LogP contribution in [0.3, 0.4) is 0 Å². The molecule has 7 rings (SSSR count). The summed E-state index contributed by atoms with van der Waals surface area (Å²) in [6.07, 6.45) is 8.15. The summed E-state index contributed by atoms with van der Waals surface area (Å²) in [6, 6.07) is 30.9. The molecular weight excluding hydrogens is 604 g/mol. The lowest BCUT2D eigenvalue weighted by atomic mass is 9.82. The lowest BCUT2D eigenvalue weighted by Crippen LogP contribution is -2.62. The van der Waals surface area contributed by atoms with Crippen LogP contribution in [0, 0.1) is 0 Å². The van der Waals surface area contributed by atoms with Crippen LogP contribution in [0.1, 0.15) is 62.1 Å². The molecular formula is C41H50O7. The third kappa shape index (κ3) is 8.28. The second-order valence-electron chi connectivity index (χ2n) is 13.8. The molecule has 0 aromatic heterocycles. The SMILES string of the molecule is C[C@@]12O[C@H](COCc3ccccc3)[C@@H](OCc3ccccc3)C[C@H]1O[C@H]1C/C=C\C[C@H]3OCCC[C@@H]3O[C@@H]1C[C@H]2OCc1ccccc1. The maximum atomic E-state index is 7.20. The smallest absolute Gasteiger partial charge is 0.118 e. The molecule has 0 bridgehead atoms. The van der Waals surface area contributed by atoms with Crippen molar-refractivity contribution in [3.63, 3.8) is 0 Å². The van der Waals surface area contributed by atoms with Crippen LogP contribution in [0.4, 0.5) is 0 Å². The Balaban J connectivity index is 1.16. The summed E-state index contributed by atoms with van der Waals surface area (Å²) in [7, 11) is 0. The van der Waals surface area contributed by atoms with Crippen LogP contribution in [0.2, 0.25) is 0 Å². The molecule has 7 nitrogen and oxygen atoms in total. The van der Waals surface area contributed by atoms with E-state index in [0.717, 1.165) is 49.0 Å². The minimum absolute atomic E-state index is 0.0299. The molecule has 3 saturated heterocycles. The molecule has 4 aliphatic heterocycles. The van der Waals surface area contributed by atoms with Gasteiger partial charge in [-0.1, -0.05) is 103 Å². The fourth-order valence-electron chi connectivity index (χ4n) is 7.63. The molecule has 4 aliphatic rings. The zero-order valence-electron chi connectivity index (χ0n) is 28.1. The average molecular weight is 655 g/mol. The van der Waals surface area contributed by atoms with Gasteiger partial charge in [0.15, 0.2) is 0 Å². The highest BCUT2D eigenvalue weighted by atomic mass is 16.6. The van der Waals surface area contributed by atoms with Crippen molar-refractivity contribution in [2.45, 2.75) is 120 Å². The van der Waals surface area contributed by atoms with Crippen LogP contribution in [0.25, 0.3) is 0 Å². The number of fused-ring (bicyclic) bond motifs is 3. The zero-order chi connectivity index (χ0) is 32.6. The number of hydrogen-bond donors (Lipinski definition) is 0. The summed E-state index contributed by atoms with van der Waals surface area (Å²) in [4.78, 5) is 0. The Kier molecular flexibility index (Phi) is 11.4. The van der Waals surface area contributed by atoms with Gasteiger partial charge < -0.3 is 33.2 Å². The van der Waals surface area contributed by atoms with Crippen LogP contribution >= 0.6 is 0 Å². The first-order chi connectivity index (χ1) is 23.6. The minimum atomic E-state index is -0.755. The monoisotopic (exact) mass is 654 g/mol. The first kappa shape index (κ1) is 33.6. The van der Waals surface area contributed by atoms with Crippen molar-refractivity contribution in [2.24, 2.45) is 0 Å². The van der Waals surface area contributed by atoms with Gasteiger partial charge in [0.2, 0.25) is 0 Å².